The molecule has 5 heteroatoms. The van der Waals surface area contributed by atoms with Crippen molar-refractivity contribution in [3.63, 3.8) is 0 Å². The smallest absolute Gasteiger partial charge is 0.141 e. The first-order chi connectivity index (χ1) is 10.5. The highest BCUT2D eigenvalue weighted by Crippen LogP contribution is 2.32. The van der Waals surface area contributed by atoms with Crippen LogP contribution in [0.15, 0.2) is 11.4 Å². The predicted octanol–water partition coefficient (Wildman–Crippen LogP) is 3.62. The summed E-state index contributed by atoms with van der Waals surface area (Å²) in [5, 5.41) is 13.6. The molecule has 120 valence electrons. The average Bonchev–Trinajstić information content (AvgIpc) is 2.94. The predicted molar refractivity (Wildman–Crippen MR) is 92.6 cm³/mol. The van der Waals surface area contributed by atoms with E-state index in [2.05, 4.69) is 40.2 Å². The lowest BCUT2D eigenvalue weighted by Crippen LogP contribution is -2.38. The van der Waals surface area contributed by atoms with Gasteiger partial charge in [-0.15, -0.1) is 11.3 Å². The van der Waals surface area contributed by atoms with Crippen LogP contribution in [0.2, 0.25) is 0 Å². The van der Waals surface area contributed by atoms with Gasteiger partial charge in [0, 0.05) is 13.1 Å². The molecule has 3 rings (SSSR count). The van der Waals surface area contributed by atoms with Gasteiger partial charge in [0.25, 0.3) is 0 Å². The Hall–Kier alpha value is -1.20. The number of hydrogen-bond donors (Lipinski definition) is 1. The van der Waals surface area contributed by atoms with E-state index in [4.69, 9.17) is 0 Å². The van der Waals surface area contributed by atoms with E-state index in [9.17, 15) is 5.11 Å². The standard InChI is InChI=1S/C17H25N3OS/c1-11(2)10-15(21)13-4-7-20(8-5-13)16-14-6-9-22-17(14)19-12(3)18-16/h6,9,11,13,15,21H,4-5,7-8,10H2,1-3H3. The van der Waals surface area contributed by atoms with Crippen molar-refractivity contribution in [3.8, 4) is 0 Å². The lowest BCUT2D eigenvalue weighted by atomic mass is 9.87. The minimum Gasteiger partial charge on any atom is -0.393 e. The van der Waals surface area contributed by atoms with Gasteiger partial charge >= 0.3 is 0 Å². The number of thiophene rings is 1. The first kappa shape index (κ1) is 15.7. The van der Waals surface area contributed by atoms with Crippen molar-refractivity contribution in [2.24, 2.45) is 11.8 Å². The third kappa shape index (κ3) is 3.25. The van der Waals surface area contributed by atoms with Crippen LogP contribution in [0.3, 0.4) is 0 Å². The van der Waals surface area contributed by atoms with Gasteiger partial charge in [0.05, 0.1) is 11.5 Å². The lowest BCUT2D eigenvalue weighted by molar-refractivity contribution is 0.0734. The Labute approximate surface area is 136 Å². The van der Waals surface area contributed by atoms with Gasteiger partial charge in [-0.1, -0.05) is 13.8 Å². The highest BCUT2D eigenvalue weighted by atomic mass is 32.1. The molecule has 1 saturated heterocycles. The third-order valence-electron chi connectivity index (χ3n) is 4.51. The van der Waals surface area contributed by atoms with Gasteiger partial charge in [0.15, 0.2) is 0 Å². The molecular formula is C17H25N3OS. The Bertz CT molecular complexity index is 632. The minimum atomic E-state index is -0.157. The Morgan fingerprint density at radius 3 is 2.73 bits per heavy atom. The molecule has 0 spiro atoms. The highest BCUT2D eigenvalue weighted by molar-refractivity contribution is 7.16. The number of anilines is 1. The summed E-state index contributed by atoms with van der Waals surface area (Å²) < 4.78 is 0. The molecule has 0 amide bonds. The summed E-state index contributed by atoms with van der Waals surface area (Å²) in [6.07, 6.45) is 2.84. The maximum atomic E-state index is 10.3. The average molecular weight is 319 g/mol. The fourth-order valence-electron chi connectivity index (χ4n) is 3.36. The summed E-state index contributed by atoms with van der Waals surface area (Å²) in [6.45, 7) is 8.26. The number of aromatic nitrogens is 2. The Morgan fingerprint density at radius 2 is 2.05 bits per heavy atom. The lowest BCUT2D eigenvalue weighted by Gasteiger charge is -2.35. The van der Waals surface area contributed by atoms with E-state index in [0.29, 0.717) is 11.8 Å². The molecule has 0 aliphatic carbocycles. The molecule has 2 aromatic heterocycles. The Balaban J connectivity index is 1.72. The second kappa shape index (κ2) is 6.50. The van der Waals surface area contributed by atoms with Crippen molar-refractivity contribution in [2.45, 2.75) is 46.1 Å². The molecule has 4 nitrogen and oxygen atoms in total. The zero-order valence-corrected chi connectivity index (χ0v) is 14.4. The van der Waals surface area contributed by atoms with Crippen LogP contribution in [0.1, 0.15) is 38.9 Å². The number of fused-ring (bicyclic) bond motifs is 1. The van der Waals surface area contributed by atoms with Crippen molar-refractivity contribution < 1.29 is 5.11 Å². The van der Waals surface area contributed by atoms with Crippen LogP contribution in [-0.2, 0) is 0 Å². The van der Waals surface area contributed by atoms with Gasteiger partial charge < -0.3 is 10.0 Å². The van der Waals surface area contributed by atoms with Gasteiger partial charge in [-0.3, -0.25) is 0 Å². The van der Waals surface area contributed by atoms with Crippen molar-refractivity contribution >= 4 is 27.4 Å². The molecule has 1 aliphatic heterocycles. The topological polar surface area (TPSA) is 49.2 Å². The van der Waals surface area contributed by atoms with Crippen LogP contribution in [0.5, 0.6) is 0 Å². The number of nitrogens with zero attached hydrogens (tertiary/aromatic N) is 3. The van der Waals surface area contributed by atoms with Gasteiger partial charge in [-0.05, 0) is 49.5 Å². The monoisotopic (exact) mass is 319 g/mol. The summed E-state index contributed by atoms with van der Waals surface area (Å²) in [5.74, 6) is 2.90. The number of piperidine rings is 1. The van der Waals surface area contributed by atoms with E-state index >= 15 is 0 Å². The van der Waals surface area contributed by atoms with Crippen molar-refractivity contribution in [1.82, 2.24) is 9.97 Å². The second-order valence-electron chi connectivity index (χ2n) is 6.76. The SMILES string of the molecule is Cc1nc(N2CCC(C(O)CC(C)C)CC2)c2ccsc2n1. The summed E-state index contributed by atoms with van der Waals surface area (Å²) in [7, 11) is 0. The molecule has 0 bridgehead atoms. The first-order valence-electron chi connectivity index (χ1n) is 8.19. The molecule has 3 heterocycles. The second-order valence-corrected chi connectivity index (χ2v) is 7.65. The van der Waals surface area contributed by atoms with E-state index in [-0.39, 0.29) is 6.10 Å². The number of rotatable bonds is 4. The normalized spacial score (nSPS) is 18.3. The van der Waals surface area contributed by atoms with Crippen LogP contribution < -0.4 is 4.90 Å². The molecule has 22 heavy (non-hydrogen) atoms. The maximum Gasteiger partial charge on any atom is 0.141 e. The molecule has 1 aliphatic rings. The minimum absolute atomic E-state index is 0.157. The molecule has 1 N–H and O–H groups in total. The third-order valence-corrected chi connectivity index (χ3v) is 5.32. The summed E-state index contributed by atoms with van der Waals surface area (Å²) in [6, 6.07) is 2.12. The van der Waals surface area contributed by atoms with E-state index in [1.807, 2.05) is 6.92 Å². The highest BCUT2D eigenvalue weighted by Gasteiger charge is 2.27. The number of aryl methyl sites for hydroxylation is 1. The first-order valence-corrected chi connectivity index (χ1v) is 9.07. The summed E-state index contributed by atoms with van der Waals surface area (Å²) in [5.41, 5.74) is 0. The Kier molecular flexibility index (Phi) is 4.64. The molecule has 0 radical (unpaired) electrons. The summed E-state index contributed by atoms with van der Waals surface area (Å²) in [4.78, 5) is 12.6. The Morgan fingerprint density at radius 1 is 1.32 bits per heavy atom. The van der Waals surface area contributed by atoms with E-state index in [1.54, 1.807) is 11.3 Å². The number of hydrogen-bond acceptors (Lipinski definition) is 5. The quantitative estimate of drug-likeness (QED) is 0.935. The maximum absolute atomic E-state index is 10.3. The molecular weight excluding hydrogens is 294 g/mol. The molecule has 1 atom stereocenters. The van der Waals surface area contributed by atoms with E-state index < -0.39 is 0 Å². The van der Waals surface area contributed by atoms with Crippen LogP contribution in [-0.4, -0.2) is 34.3 Å². The van der Waals surface area contributed by atoms with Crippen molar-refractivity contribution in [1.29, 1.82) is 0 Å². The number of aliphatic hydroxyl groups excluding tert-OH is 1. The van der Waals surface area contributed by atoms with Gasteiger partial charge in [-0.25, -0.2) is 9.97 Å². The van der Waals surface area contributed by atoms with Crippen LogP contribution >= 0.6 is 11.3 Å². The van der Waals surface area contributed by atoms with Crippen LogP contribution in [0.25, 0.3) is 10.2 Å². The molecule has 0 aromatic carbocycles. The molecule has 1 fully saturated rings. The zero-order valence-electron chi connectivity index (χ0n) is 13.6. The fraction of sp³-hybridized carbons (Fsp3) is 0.647. The van der Waals surface area contributed by atoms with Gasteiger partial charge in [0.1, 0.15) is 16.5 Å². The summed E-state index contributed by atoms with van der Waals surface area (Å²) >= 11 is 1.67. The van der Waals surface area contributed by atoms with Crippen LogP contribution in [0.4, 0.5) is 5.82 Å². The number of aliphatic hydroxyl groups is 1. The largest absolute Gasteiger partial charge is 0.393 e. The van der Waals surface area contributed by atoms with E-state index in [1.165, 1.54) is 0 Å². The van der Waals surface area contributed by atoms with Gasteiger partial charge in [0.2, 0.25) is 0 Å². The zero-order chi connectivity index (χ0) is 15.7. The molecule has 0 saturated carbocycles. The van der Waals surface area contributed by atoms with E-state index in [0.717, 1.165) is 54.2 Å². The molecule has 2 aromatic rings. The van der Waals surface area contributed by atoms with Gasteiger partial charge in [-0.2, -0.15) is 0 Å². The molecule has 1 unspecified atom stereocenters. The fourth-order valence-corrected chi connectivity index (χ4v) is 4.16. The van der Waals surface area contributed by atoms with Crippen LogP contribution in [0, 0.1) is 18.8 Å². The van der Waals surface area contributed by atoms with Crippen molar-refractivity contribution in [2.75, 3.05) is 18.0 Å². The van der Waals surface area contributed by atoms with Crippen molar-refractivity contribution in [3.05, 3.63) is 17.3 Å².